The molecule has 43 heavy (non-hydrogen) atoms. The number of carbonyl (C=O) groups excluding carboxylic acids is 1. The van der Waals surface area contributed by atoms with Crippen molar-refractivity contribution in [3.8, 4) is 11.5 Å². The lowest BCUT2D eigenvalue weighted by molar-refractivity contribution is -0.275. The molecule has 0 aliphatic rings. The molecule has 11 heteroatoms. The summed E-state index contributed by atoms with van der Waals surface area (Å²) in [4.78, 5) is 18.3. The molecule has 0 spiro atoms. The lowest BCUT2D eigenvalue weighted by Crippen LogP contribution is -2.49. The Bertz CT molecular complexity index is 1680. The number of fused-ring (bicyclic) bond motifs is 1. The maximum atomic E-state index is 13.9. The average molecular weight is 597 g/mol. The van der Waals surface area contributed by atoms with Crippen molar-refractivity contribution in [2.75, 3.05) is 0 Å². The third-order valence-electron chi connectivity index (χ3n) is 6.59. The number of amides is 1. The van der Waals surface area contributed by atoms with Crippen molar-refractivity contribution >= 4 is 16.8 Å². The van der Waals surface area contributed by atoms with E-state index in [1.165, 1.54) is 30.3 Å². The highest BCUT2D eigenvalue weighted by molar-refractivity contribution is 5.95. The smallest absolute Gasteiger partial charge is 0.406 e. The molecular formula is C32H22F6N2O3. The predicted molar refractivity (Wildman–Crippen MR) is 146 cm³/mol. The van der Waals surface area contributed by atoms with Gasteiger partial charge in [0.05, 0.1) is 11.1 Å². The van der Waals surface area contributed by atoms with Crippen molar-refractivity contribution in [1.29, 1.82) is 0 Å². The monoisotopic (exact) mass is 596 g/mol. The highest BCUT2D eigenvalue weighted by Crippen LogP contribution is 2.38. The van der Waals surface area contributed by atoms with E-state index in [-0.39, 0.29) is 23.2 Å². The lowest BCUT2D eigenvalue weighted by atomic mass is 9.77. The SMILES string of the molecule is O=C(NC(Cc1ccccc1)(c1cccc(OC(F)(F)F)c1)c1cccc(OC(F)(F)F)c1)c1ccc2ccccc2n1. The zero-order valence-electron chi connectivity index (χ0n) is 22.1. The van der Waals surface area contributed by atoms with Crippen LogP contribution in [0.3, 0.4) is 0 Å². The van der Waals surface area contributed by atoms with Gasteiger partial charge in [-0.25, -0.2) is 4.98 Å². The van der Waals surface area contributed by atoms with E-state index in [1.54, 1.807) is 54.6 Å². The van der Waals surface area contributed by atoms with Gasteiger partial charge in [-0.15, -0.1) is 26.3 Å². The van der Waals surface area contributed by atoms with Crippen LogP contribution in [-0.4, -0.2) is 23.6 Å². The summed E-state index contributed by atoms with van der Waals surface area (Å²) in [5.74, 6) is -1.88. The van der Waals surface area contributed by atoms with Gasteiger partial charge in [0, 0.05) is 11.8 Å². The number of rotatable bonds is 8. The molecule has 0 radical (unpaired) electrons. The van der Waals surface area contributed by atoms with Crippen LogP contribution < -0.4 is 14.8 Å². The van der Waals surface area contributed by atoms with E-state index >= 15 is 0 Å². The fraction of sp³-hybridized carbons (Fsp3) is 0.125. The van der Waals surface area contributed by atoms with Crippen LogP contribution >= 0.6 is 0 Å². The Hall–Kier alpha value is -5.06. The van der Waals surface area contributed by atoms with Gasteiger partial charge < -0.3 is 14.8 Å². The van der Waals surface area contributed by atoms with Crippen molar-refractivity contribution in [1.82, 2.24) is 10.3 Å². The molecule has 1 aromatic heterocycles. The Morgan fingerprint density at radius 3 is 1.79 bits per heavy atom. The summed E-state index contributed by atoms with van der Waals surface area (Å²) >= 11 is 0. The molecule has 0 saturated carbocycles. The molecule has 0 aliphatic heterocycles. The van der Waals surface area contributed by atoms with Gasteiger partial charge in [0.1, 0.15) is 17.2 Å². The minimum Gasteiger partial charge on any atom is -0.406 e. The molecular weight excluding hydrogens is 574 g/mol. The van der Waals surface area contributed by atoms with E-state index in [0.29, 0.717) is 11.1 Å². The van der Waals surface area contributed by atoms with Gasteiger partial charge in [-0.3, -0.25) is 4.79 Å². The molecule has 1 N–H and O–H groups in total. The number of hydrogen-bond donors (Lipinski definition) is 1. The first-order valence-electron chi connectivity index (χ1n) is 12.9. The zero-order valence-corrected chi connectivity index (χ0v) is 22.1. The first-order valence-corrected chi connectivity index (χ1v) is 12.9. The third-order valence-corrected chi connectivity index (χ3v) is 6.59. The normalized spacial score (nSPS) is 12.1. The van der Waals surface area contributed by atoms with Crippen LogP contribution in [0.25, 0.3) is 10.9 Å². The number of nitrogens with one attached hydrogen (secondary N) is 1. The summed E-state index contributed by atoms with van der Waals surface area (Å²) in [5, 5.41) is 3.66. The van der Waals surface area contributed by atoms with Crippen LogP contribution in [0.4, 0.5) is 26.3 Å². The summed E-state index contributed by atoms with van der Waals surface area (Å²) in [6.07, 6.45) is -10.1. The first-order chi connectivity index (χ1) is 20.4. The number of hydrogen-bond acceptors (Lipinski definition) is 4. The van der Waals surface area contributed by atoms with Gasteiger partial charge in [-0.05, 0) is 53.1 Å². The quantitative estimate of drug-likeness (QED) is 0.185. The van der Waals surface area contributed by atoms with Gasteiger partial charge in [-0.2, -0.15) is 0 Å². The van der Waals surface area contributed by atoms with E-state index in [0.717, 1.165) is 29.7 Å². The predicted octanol–water partition coefficient (Wildman–Crippen LogP) is 7.95. The van der Waals surface area contributed by atoms with Crippen molar-refractivity contribution in [3.05, 3.63) is 138 Å². The summed E-state index contributed by atoms with van der Waals surface area (Å²) in [7, 11) is 0. The van der Waals surface area contributed by atoms with Crippen LogP contribution in [0.5, 0.6) is 11.5 Å². The van der Waals surface area contributed by atoms with E-state index in [2.05, 4.69) is 19.8 Å². The first kappa shape index (κ1) is 29.4. The van der Waals surface area contributed by atoms with Crippen LogP contribution in [0.15, 0.2) is 115 Å². The molecule has 220 valence electrons. The number of pyridine rings is 1. The minimum atomic E-state index is -5.01. The third kappa shape index (κ3) is 7.24. The standard InChI is InChI=1S/C32H22F6N2O3/c33-31(34,35)42-25-13-6-11-23(18-25)30(20-21-8-2-1-3-9-21,24-12-7-14-26(19-24)43-32(36,37)38)40-29(41)28-17-16-22-10-4-5-15-27(22)39-28/h1-19H,20H2,(H,40,41). The number of para-hydroxylation sites is 1. The Morgan fingerprint density at radius 1 is 0.651 bits per heavy atom. The Morgan fingerprint density at radius 2 is 1.21 bits per heavy atom. The largest absolute Gasteiger partial charge is 0.573 e. The van der Waals surface area contributed by atoms with Crippen molar-refractivity contribution in [2.24, 2.45) is 0 Å². The second kappa shape index (κ2) is 11.7. The van der Waals surface area contributed by atoms with E-state index in [1.807, 2.05) is 6.07 Å². The van der Waals surface area contributed by atoms with Crippen LogP contribution in [0, 0.1) is 0 Å². The summed E-state index contributed by atoms with van der Waals surface area (Å²) < 4.78 is 87.4. The van der Waals surface area contributed by atoms with Gasteiger partial charge in [0.2, 0.25) is 0 Å². The molecule has 5 nitrogen and oxygen atoms in total. The topological polar surface area (TPSA) is 60.5 Å². The number of aromatic nitrogens is 1. The fourth-order valence-electron chi connectivity index (χ4n) is 4.83. The molecule has 1 amide bonds. The Balaban J connectivity index is 1.71. The fourth-order valence-corrected chi connectivity index (χ4v) is 4.83. The second-order valence-electron chi connectivity index (χ2n) is 9.56. The Labute approximate surface area is 241 Å². The number of benzene rings is 4. The molecule has 0 saturated heterocycles. The van der Waals surface area contributed by atoms with Crippen LogP contribution in [0.2, 0.25) is 0 Å². The Kier molecular flexibility index (Phi) is 7.99. The highest BCUT2D eigenvalue weighted by Gasteiger charge is 2.39. The van der Waals surface area contributed by atoms with Gasteiger partial charge in [0.25, 0.3) is 5.91 Å². The van der Waals surface area contributed by atoms with Crippen molar-refractivity contribution in [3.63, 3.8) is 0 Å². The van der Waals surface area contributed by atoms with Crippen molar-refractivity contribution < 1.29 is 40.6 Å². The summed E-state index contributed by atoms with van der Waals surface area (Å²) in [6.45, 7) is 0. The molecule has 0 unspecified atom stereocenters. The number of ether oxygens (including phenoxy) is 2. The maximum Gasteiger partial charge on any atom is 0.573 e. The van der Waals surface area contributed by atoms with Crippen LogP contribution in [-0.2, 0) is 12.0 Å². The number of alkyl halides is 6. The molecule has 5 rings (SSSR count). The molecule has 0 aliphatic carbocycles. The second-order valence-corrected chi connectivity index (χ2v) is 9.56. The molecule has 0 fully saturated rings. The number of nitrogens with zero attached hydrogens (tertiary/aromatic N) is 1. The van der Waals surface area contributed by atoms with Gasteiger partial charge in [-0.1, -0.05) is 78.9 Å². The maximum absolute atomic E-state index is 13.9. The average Bonchev–Trinajstić information content (AvgIpc) is 2.95. The molecule has 1 heterocycles. The zero-order chi connectivity index (χ0) is 30.7. The van der Waals surface area contributed by atoms with E-state index < -0.39 is 35.7 Å². The van der Waals surface area contributed by atoms with Gasteiger partial charge >= 0.3 is 12.7 Å². The number of carbonyl (C=O) groups is 1. The van der Waals surface area contributed by atoms with E-state index in [4.69, 9.17) is 0 Å². The summed E-state index contributed by atoms with van der Waals surface area (Å²) in [6, 6.07) is 28.7. The molecule has 0 bridgehead atoms. The van der Waals surface area contributed by atoms with E-state index in [9.17, 15) is 31.1 Å². The minimum absolute atomic E-state index is 0.0125. The highest BCUT2D eigenvalue weighted by atomic mass is 19.4. The van der Waals surface area contributed by atoms with Crippen molar-refractivity contribution in [2.45, 2.75) is 24.7 Å². The molecule has 0 atom stereocenters. The van der Waals surface area contributed by atoms with Gasteiger partial charge in [0.15, 0.2) is 0 Å². The lowest BCUT2D eigenvalue weighted by Gasteiger charge is -2.37. The van der Waals surface area contributed by atoms with Crippen LogP contribution in [0.1, 0.15) is 27.2 Å². The molecule has 5 aromatic rings. The summed E-state index contributed by atoms with van der Waals surface area (Å²) in [5.41, 5.74) is -0.375. The molecule has 4 aromatic carbocycles. The number of halogens is 6.